The predicted octanol–water partition coefficient (Wildman–Crippen LogP) is 1.05. The lowest BCUT2D eigenvalue weighted by Crippen LogP contribution is -2.45. The summed E-state index contributed by atoms with van der Waals surface area (Å²) in [5.41, 5.74) is 0. The van der Waals surface area contributed by atoms with E-state index in [1.54, 1.807) is 0 Å². The largest absolute Gasteiger partial charge is 0.375 e. The smallest absolute Gasteiger partial charge is 0.223 e. The fourth-order valence-corrected chi connectivity index (χ4v) is 2.51. The average molecular weight is 263 g/mol. The molecule has 0 radical (unpaired) electrons. The fraction of sp³-hybridized carbons (Fsp3) is 0.917. The molecule has 0 bridgehead atoms. The number of rotatable bonds is 2. The van der Waals surface area contributed by atoms with Crippen molar-refractivity contribution in [2.75, 3.05) is 32.8 Å². The number of morpholine rings is 1. The summed E-state index contributed by atoms with van der Waals surface area (Å²) in [5, 5.41) is 3.33. The van der Waals surface area contributed by atoms with E-state index in [2.05, 4.69) is 5.32 Å². The summed E-state index contributed by atoms with van der Waals surface area (Å²) in [6.45, 7) is 6.40. The molecule has 2 aliphatic heterocycles. The van der Waals surface area contributed by atoms with Crippen LogP contribution in [0.4, 0.5) is 0 Å². The van der Waals surface area contributed by atoms with Crippen LogP contribution in [0.2, 0.25) is 0 Å². The van der Waals surface area contributed by atoms with Crippen molar-refractivity contribution >= 4 is 18.3 Å². The number of halogens is 1. The lowest BCUT2D eigenvalue weighted by Gasteiger charge is -2.32. The molecule has 2 saturated heterocycles. The first-order valence-electron chi connectivity index (χ1n) is 6.36. The molecule has 0 spiro atoms. The van der Waals surface area contributed by atoms with Gasteiger partial charge in [-0.05, 0) is 38.8 Å². The first-order valence-corrected chi connectivity index (χ1v) is 6.36. The summed E-state index contributed by atoms with van der Waals surface area (Å²) >= 11 is 0. The van der Waals surface area contributed by atoms with Crippen molar-refractivity contribution in [3.63, 3.8) is 0 Å². The summed E-state index contributed by atoms with van der Waals surface area (Å²) in [7, 11) is 0. The first-order chi connectivity index (χ1) is 7.75. The fourth-order valence-electron chi connectivity index (χ4n) is 2.51. The van der Waals surface area contributed by atoms with Crippen molar-refractivity contribution in [2.45, 2.75) is 32.3 Å². The van der Waals surface area contributed by atoms with Crippen LogP contribution in [-0.4, -0.2) is 49.7 Å². The van der Waals surface area contributed by atoms with Crippen LogP contribution in [0.25, 0.3) is 0 Å². The number of carbonyl (C=O) groups is 1. The van der Waals surface area contributed by atoms with E-state index in [-0.39, 0.29) is 18.5 Å². The highest BCUT2D eigenvalue weighted by Crippen LogP contribution is 2.18. The van der Waals surface area contributed by atoms with Crippen molar-refractivity contribution in [3.8, 4) is 0 Å². The first kappa shape index (κ1) is 14.7. The minimum absolute atomic E-state index is 0. The van der Waals surface area contributed by atoms with Crippen LogP contribution in [-0.2, 0) is 9.53 Å². The van der Waals surface area contributed by atoms with Gasteiger partial charge in [0.05, 0.1) is 12.7 Å². The third kappa shape index (κ3) is 4.45. The van der Waals surface area contributed by atoms with Gasteiger partial charge in [0.15, 0.2) is 0 Å². The SMILES string of the molecule is CC1CN(C(=O)CC2CCNCC2)CCO1.Cl. The Kier molecular flexibility index (Phi) is 6.23. The molecule has 0 saturated carbocycles. The zero-order valence-electron chi connectivity index (χ0n) is 10.5. The van der Waals surface area contributed by atoms with Crippen LogP contribution in [0.1, 0.15) is 26.2 Å². The number of hydrogen-bond acceptors (Lipinski definition) is 3. The Balaban J connectivity index is 0.00000144. The number of nitrogens with zero attached hydrogens (tertiary/aromatic N) is 1. The van der Waals surface area contributed by atoms with E-state index >= 15 is 0 Å². The Labute approximate surface area is 109 Å². The van der Waals surface area contributed by atoms with Gasteiger partial charge in [-0.1, -0.05) is 0 Å². The Bertz CT molecular complexity index is 245. The van der Waals surface area contributed by atoms with Crippen LogP contribution in [0.5, 0.6) is 0 Å². The summed E-state index contributed by atoms with van der Waals surface area (Å²) in [5.74, 6) is 0.911. The minimum atomic E-state index is 0. The van der Waals surface area contributed by atoms with Crippen molar-refractivity contribution in [1.82, 2.24) is 10.2 Å². The zero-order valence-corrected chi connectivity index (χ0v) is 11.3. The molecule has 2 fully saturated rings. The second-order valence-electron chi connectivity index (χ2n) is 4.92. The normalized spacial score (nSPS) is 26.4. The number of carbonyl (C=O) groups excluding carboxylic acids is 1. The molecular formula is C12H23ClN2O2. The standard InChI is InChI=1S/C12H22N2O2.ClH/c1-10-9-14(6-7-16-10)12(15)8-11-2-4-13-5-3-11;/h10-11,13H,2-9H2,1H3;1H. The summed E-state index contributed by atoms with van der Waals surface area (Å²) < 4.78 is 5.44. The Morgan fingerprint density at radius 1 is 1.41 bits per heavy atom. The molecule has 1 N–H and O–H groups in total. The highest BCUT2D eigenvalue weighted by molar-refractivity contribution is 5.85. The molecule has 1 unspecified atom stereocenters. The van der Waals surface area contributed by atoms with E-state index in [0.29, 0.717) is 18.4 Å². The van der Waals surface area contributed by atoms with Gasteiger partial charge in [-0.15, -0.1) is 12.4 Å². The summed E-state index contributed by atoms with van der Waals surface area (Å²) in [4.78, 5) is 14.0. The molecule has 0 aliphatic carbocycles. The number of ether oxygens (including phenoxy) is 1. The molecule has 1 atom stereocenters. The Morgan fingerprint density at radius 3 is 2.76 bits per heavy atom. The highest BCUT2D eigenvalue weighted by atomic mass is 35.5. The summed E-state index contributed by atoms with van der Waals surface area (Å²) in [6, 6.07) is 0. The highest BCUT2D eigenvalue weighted by Gasteiger charge is 2.24. The quantitative estimate of drug-likeness (QED) is 0.809. The second-order valence-corrected chi connectivity index (χ2v) is 4.92. The third-order valence-corrected chi connectivity index (χ3v) is 3.52. The van der Waals surface area contributed by atoms with E-state index in [1.165, 1.54) is 0 Å². The predicted molar refractivity (Wildman–Crippen MR) is 69.5 cm³/mol. The molecule has 2 heterocycles. The maximum atomic E-state index is 12.1. The maximum absolute atomic E-state index is 12.1. The van der Waals surface area contributed by atoms with E-state index in [4.69, 9.17) is 4.74 Å². The van der Waals surface area contributed by atoms with Gasteiger partial charge in [0.25, 0.3) is 0 Å². The topological polar surface area (TPSA) is 41.6 Å². The molecule has 2 rings (SSSR count). The molecule has 100 valence electrons. The lowest BCUT2D eigenvalue weighted by atomic mass is 9.94. The van der Waals surface area contributed by atoms with Gasteiger partial charge in [-0.2, -0.15) is 0 Å². The van der Waals surface area contributed by atoms with Crippen molar-refractivity contribution < 1.29 is 9.53 Å². The Hall–Kier alpha value is -0.320. The van der Waals surface area contributed by atoms with E-state index in [0.717, 1.165) is 45.4 Å². The van der Waals surface area contributed by atoms with Crippen LogP contribution >= 0.6 is 12.4 Å². The second kappa shape index (κ2) is 7.19. The van der Waals surface area contributed by atoms with Crippen molar-refractivity contribution in [2.24, 2.45) is 5.92 Å². The van der Waals surface area contributed by atoms with Crippen LogP contribution in [0, 0.1) is 5.92 Å². The van der Waals surface area contributed by atoms with Gasteiger partial charge in [0.2, 0.25) is 5.91 Å². The molecule has 5 heteroatoms. The zero-order chi connectivity index (χ0) is 11.4. The number of hydrogen-bond donors (Lipinski definition) is 1. The van der Waals surface area contributed by atoms with Crippen LogP contribution in [0.3, 0.4) is 0 Å². The van der Waals surface area contributed by atoms with E-state index in [1.807, 2.05) is 11.8 Å². The molecular weight excluding hydrogens is 240 g/mol. The third-order valence-electron chi connectivity index (χ3n) is 3.52. The van der Waals surface area contributed by atoms with Crippen molar-refractivity contribution in [3.05, 3.63) is 0 Å². The van der Waals surface area contributed by atoms with Crippen LogP contribution < -0.4 is 5.32 Å². The molecule has 0 aromatic heterocycles. The molecule has 0 aromatic rings. The monoisotopic (exact) mass is 262 g/mol. The molecule has 4 nitrogen and oxygen atoms in total. The van der Waals surface area contributed by atoms with Gasteiger partial charge in [0.1, 0.15) is 0 Å². The number of nitrogens with one attached hydrogen (secondary N) is 1. The average Bonchev–Trinajstić information content (AvgIpc) is 2.30. The van der Waals surface area contributed by atoms with Gasteiger partial charge in [0, 0.05) is 19.5 Å². The van der Waals surface area contributed by atoms with E-state index in [9.17, 15) is 4.79 Å². The van der Waals surface area contributed by atoms with Gasteiger partial charge < -0.3 is 15.0 Å². The van der Waals surface area contributed by atoms with Crippen molar-refractivity contribution in [1.29, 1.82) is 0 Å². The van der Waals surface area contributed by atoms with E-state index < -0.39 is 0 Å². The van der Waals surface area contributed by atoms with Gasteiger partial charge >= 0.3 is 0 Å². The van der Waals surface area contributed by atoms with Gasteiger partial charge in [-0.25, -0.2) is 0 Å². The number of piperidine rings is 1. The van der Waals surface area contributed by atoms with Gasteiger partial charge in [-0.3, -0.25) is 4.79 Å². The Morgan fingerprint density at radius 2 is 2.12 bits per heavy atom. The maximum Gasteiger partial charge on any atom is 0.223 e. The minimum Gasteiger partial charge on any atom is -0.375 e. The molecule has 1 amide bonds. The molecule has 17 heavy (non-hydrogen) atoms. The number of amides is 1. The summed E-state index contributed by atoms with van der Waals surface area (Å²) in [6.07, 6.45) is 3.22. The molecule has 2 aliphatic rings. The molecule has 0 aromatic carbocycles. The lowest BCUT2D eigenvalue weighted by molar-refractivity contribution is -0.139. The van der Waals surface area contributed by atoms with Crippen LogP contribution in [0.15, 0.2) is 0 Å².